The van der Waals surface area contributed by atoms with Crippen molar-refractivity contribution in [2.75, 3.05) is 19.0 Å². The van der Waals surface area contributed by atoms with Crippen LogP contribution in [0.3, 0.4) is 0 Å². The van der Waals surface area contributed by atoms with Crippen LogP contribution in [0.2, 0.25) is 0 Å². The first-order chi connectivity index (χ1) is 10.0. The zero-order valence-electron chi connectivity index (χ0n) is 12.6. The third-order valence-electron chi connectivity index (χ3n) is 3.62. The number of fused-ring (bicyclic) bond motifs is 1. The molecule has 0 aliphatic heterocycles. The third-order valence-corrected chi connectivity index (χ3v) is 3.85. The van der Waals surface area contributed by atoms with Crippen LogP contribution < -0.4 is 4.90 Å². The fourth-order valence-electron chi connectivity index (χ4n) is 2.58. The molecule has 0 atom stereocenters. The topological polar surface area (TPSA) is 38.9 Å². The number of imidazole rings is 1. The minimum absolute atomic E-state index is 0.365. The molecule has 0 fully saturated rings. The largest absolute Gasteiger partial charge is 0.378 e. The van der Waals surface area contributed by atoms with Gasteiger partial charge >= 0.3 is 0 Å². The highest BCUT2D eigenvalue weighted by atomic mass is 35.5. The summed E-state index contributed by atoms with van der Waals surface area (Å²) >= 11 is 6.08. The Bertz CT molecular complexity index is 783. The molecule has 0 aliphatic rings. The maximum Gasteiger partial charge on any atom is 0.163 e. The van der Waals surface area contributed by atoms with E-state index in [1.807, 2.05) is 32.7 Å². The molecule has 3 rings (SSSR count). The van der Waals surface area contributed by atoms with E-state index in [1.54, 1.807) is 0 Å². The Morgan fingerprint density at radius 3 is 2.43 bits per heavy atom. The number of halogens is 1. The quantitative estimate of drug-likeness (QED) is 0.698. The van der Waals surface area contributed by atoms with Gasteiger partial charge in [0.05, 0.1) is 11.6 Å². The first kappa shape index (κ1) is 13.9. The Morgan fingerprint density at radius 2 is 1.86 bits per heavy atom. The van der Waals surface area contributed by atoms with Gasteiger partial charge in [0.1, 0.15) is 11.3 Å². The summed E-state index contributed by atoms with van der Waals surface area (Å²) in [6, 6.07) is 8.33. The van der Waals surface area contributed by atoms with Gasteiger partial charge in [0.2, 0.25) is 0 Å². The van der Waals surface area contributed by atoms with Crippen molar-refractivity contribution in [2.24, 2.45) is 7.05 Å². The summed E-state index contributed by atoms with van der Waals surface area (Å²) in [5.41, 5.74) is 5.00. The summed E-state index contributed by atoms with van der Waals surface area (Å²) in [5, 5.41) is 4.44. The summed E-state index contributed by atoms with van der Waals surface area (Å²) in [7, 11) is 5.98. The number of anilines is 1. The maximum absolute atomic E-state index is 6.08. The summed E-state index contributed by atoms with van der Waals surface area (Å²) in [4.78, 5) is 6.70. The van der Waals surface area contributed by atoms with E-state index in [0.29, 0.717) is 5.88 Å². The molecule has 0 aliphatic carbocycles. The molecule has 2 aromatic heterocycles. The first-order valence-electron chi connectivity index (χ1n) is 6.77. The lowest BCUT2D eigenvalue weighted by Crippen LogP contribution is -2.09. The van der Waals surface area contributed by atoms with Crippen LogP contribution in [0.15, 0.2) is 24.3 Å². The zero-order valence-corrected chi connectivity index (χ0v) is 13.4. The minimum atomic E-state index is 0.365. The molecule has 0 radical (unpaired) electrons. The van der Waals surface area contributed by atoms with Crippen LogP contribution in [0.4, 0.5) is 5.69 Å². The minimum Gasteiger partial charge on any atom is -0.378 e. The fraction of sp³-hybridized carbons (Fsp3) is 0.333. The molecule has 0 N–H and O–H groups in total. The van der Waals surface area contributed by atoms with Crippen LogP contribution in [-0.4, -0.2) is 33.4 Å². The molecule has 0 saturated carbocycles. The van der Waals surface area contributed by atoms with Crippen molar-refractivity contribution >= 4 is 28.5 Å². The van der Waals surface area contributed by atoms with E-state index >= 15 is 0 Å². The van der Waals surface area contributed by atoms with E-state index in [9.17, 15) is 0 Å². The predicted molar refractivity (Wildman–Crippen MR) is 86.5 cm³/mol. The molecule has 0 unspecified atom stereocenters. The van der Waals surface area contributed by atoms with Gasteiger partial charge in [-0.1, -0.05) is 0 Å². The number of aryl methyl sites for hydroxylation is 2. The average Bonchev–Trinajstić information content (AvgIpc) is 2.98. The normalized spacial score (nSPS) is 11.3. The number of aromatic nitrogens is 4. The van der Waals surface area contributed by atoms with E-state index in [0.717, 1.165) is 34.1 Å². The lowest BCUT2D eigenvalue weighted by Gasteiger charge is -2.14. The highest BCUT2D eigenvalue weighted by Gasteiger charge is 2.17. The Balaban J connectivity index is 2.23. The van der Waals surface area contributed by atoms with Crippen LogP contribution in [0.1, 0.15) is 11.5 Å². The van der Waals surface area contributed by atoms with Gasteiger partial charge in [-0.3, -0.25) is 4.57 Å². The molecule has 2 heterocycles. The molecule has 5 nitrogen and oxygen atoms in total. The van der Waals surface area contributed by atoms with Gasteiger partial charge in [-0.05, 0) is 31.2 Å². The zero-order chi connectivity index (χ0) is 15.1. The molecule has 0 bridgehead atoms. The Labute approximate surface area is 128 Å². The third kappa shape index (κ3) is 2.17. The molecule has 21 heavy (non-hydrogen) atoms. The summed E-state index contributed by atoms with van der Waals surface area (Å²) in [6.45, 7) is 1.97. The summed E-state index contributed by atoms with van der Waals surface area (Å²) in [5.74, 6) is 1.20. The van der Waals surface area contributed by atoms with Crippen LogP contribution in [0.25, 0.3) is 16.9 Å². The van der Waals surface area contributed by atoms with Crippen molar-refractivity contribution in [3.63, 3.8) is 0 Å². The van der Waals surface area contributed by atoms with Gasteiger partial charge in [-0.25, -0.2) is 9.67 Å². The van der Waals surface area contributed by atoms with E-state index < -0.39 is 0 Å². The average molecular weight is 304 g/mol. The first-order valence-corrected chi connectivity index (χ1v) is 7.31. The number of rotatable bonds is 3. The lowest BCUT2D eigenvalue weighted by molar-refractivity contribution is 0.755. The second-order valence-corrected chi connectivity index (χ2v) is 5.56. The fourth-order valence-corrected chi connectivity index (χ4v) is 2.76. The van der Waals surface area contributed by atoms with Crippen molar-refractivity contribution in [1.82, 2.24) is 19.3 Å². The molecule has 1 aromatic carbocycles. The number of hydrogen-bond acceptors (Lipinski definition) is 3. The molecule has 3 aromatic rings. The maximum atomic E-state index is 6.08. The van der Waals surface area contributed by atoms with Gasteiger partial charge in [0.25, 0.3) is 0 Å². The Hall–Kier alpha value is -2.01. The van der Waals surface area contributed by atoms with Crippen molar-refractivity contribution in [1.29, 1.82) is 0 Å². The van der Waals surface area contributed by atoms with Crippen molar-refractivity contribution < 1.29 is 0 Å². The molecule has 0 spiro atoms. The van der Waals surface area contributed by atoms with Crippen LogP contribution >= 0.6 is 11.6 Å². The van der Waals surface area contributed by atoms with E-state index in [1.165, 1.54) is 0 Å². The van der Waals surface area contributed by atoms with Crippen molar-refractivity contribution in [3.8, 4) is 5.69 Å². The molecule has 6 heteroatoms. The van der Waals surface area contributed by atoms with Gasteiger partial charge in [0.15, 0.2) is 5.65 Å². The molecular formula is C15H18ClN5. The Morgan fingerprint density at radius 1 is 1.19 bits per heavy atom. The number of alkyl halides is 1. The highest BCUT2D eigenvalue weighted by Crippen LogP contribution is 2.25. The highest BCUT2D eigenvalue weighted by molar-refractivity contribution is 6.17. The van der Waals surface area contributed by atoms with Crippen molar-refractivity contribution in [2.45, 2.75) is 12.8 Å². The number of nitrogens with zero attached hydrogens (tertiary/aromatic N) is 5. The van der Waals surface area contributed by atoms with Gasteiger partial charge in [-0.15, -0.1) is 11.6 Å². The number of benzene rings is 1. The monoisotopic (exact) mass is 303 g/mol. The van der Waals surface area contributed by atoms with E-state index in [4.69, 9.17) is 11.6 Å². The SMILES string of the molecule is Cc1nn(C)c2c1nc(CCl)n2-c1ccc(N(C)C)cc1. The smallest absolute Gasteiger partial charge is 0.163 e. The second kappa shape index (κ2) is 5.07. The van der Waals surface area contributed by atoms with Gasteiger partial charge in [-0.2, -0.15) is 5.10 Å². The predicted octanol–water partition coefficient (Wildman–Crippen LogP) is 2.87. The van der Waals surface area contributed by atoms with Crippen LogP contribution in [0.5, 0.6) is 0 Å². The molecule has 110 valence electrons. The van der Waals surface area contributed by atoms with Crippen LogP contribution in [0, 0.1) is 6.92 Å². The van der Waals surface area contributed by atoms with Crippen LogP contribution in [-0.2, 0) is 12.9 Å². The number of hydrogen-bond donors (Lipinski definition) is 0. The van der Waals surface area contributed by atoms with Crippen molar-refractivity contribution in [3.05, 3.63) is 35.8 Å². The van der Waals surface area contributed by atoms with Gasteiger partial charge < -0.3 is 4.90 Å². The standard InChI is InChI=1S/C15H18ClN5/c1-10-14-15(20(4)18-10)21(13(9-16)17-14)12-7-5-11(6-8-12)19(2)3/h5-8H,9H2,1-4H3. The summed E-state index contributed by atoms with van der Waals surface area (Å²) in [6.07, 6.45) is 0. The molecule has 0 saturated heterocycles. The molecule has 0 amide bonds. The molecular weight excluding hydrogens is 286 g/mol. The second-order valence-electron chi connectivity index (χ2n) is 5.29. The lowest BCUT2D eigenvalue weighted by atomic mass is 10.2. The van der Waals surface area contributed by atoms with E-state index in [2.05, 4.69) is 43.8 Å². The van der Waals surface area contributed by atoms with Gasteiger partial charge in [0, 0.05) is 32.5 Å². The summed E-state index contributed by atoms with van der Waals surface area (Å²) < 4.78 is 3.93. The Kier molecular flexibility index (Phi) is 3.37. The van der Waals surface area contributed by atoms with E-state index in [-0.39, 0.29) is 0 Å².